The first-order valence-corrected chi connectivity index (χ1v) is 12.8. The number of anilines is 1. The monoisotopic (exact) mass is 495 g/mol. The number of nitrogens with zero attached hydrogens (tertiary/aromatic N) is 4. The third-order valence-corrected chi connectivity index (χ3v) is 7.30. The van der Waals surface area contributed by atoms with E-state index in [9.17, 15) is 9.59 Å². The van der Waals surface area contributed by atoms with Crippen LogP contribution in [0.15, 0.2) is 71.3 Å². The van der Waals surface area contributed by atoms with Crippen molar-refractivity contribution in [2.24, 2.45) is 5.92 Å². The maximum atomic E-state index is 13.7. The zero-order chi connectivity index (χ0) is 25.4. The number of nitrogens with one attached hydrogen (secondary N) is 1. The van der Waals surface area contributed by atoms with Crippen molar-refractivity contribution >= 4 is 28.3 Å². The van der Waals surface area contributed by atoms with Crippen LogP contribution in [0, 0.1) is 5.92 Å². The van der Waals surface area contributed by atoms with Gasteiger partial charge in [0, 0.05) is 37.7 Å². The average Bonchev–Trinajstić information content (AvgIpc) is 3.69. The molecule has 0 radical (unpaired) electrons. The Labute approximate surface area is 215 Å². The molecule has 4 aromatic rings. The van der Waals surface area contributed by atoms with Crippen molar-refractivity contribution in [3.8, 4) is 11.4 Å². The van der Waals surface area contributed by atoms with Crippen molar-refractivity contribution in [2.75, 3.05) is 31.5 Å². The van der Waals surface area contributed by atoms with Crippen molar-refractivity contribution in [1.82, 2.24) is 19.9 Å². The van der Waals surface area contributed by atoms with E-state index in [0.29, 0.717) is 49.1 Å². The van der Waals surface area contributed by atoms with E-state index >= 15 is 0 Å². The molecule has 2 amide bonds. The Hall–Kier alpha value is -4.04. The van der Waals surface area contributed by atoms with Gasteiger partial charge in [0.15, 0.2) is 0 Å². The predicted molar refractivity (Wildman–Crippen MR) is 141 cm³/mol. The number of hydrogen-bond acceptors (Lipinski definition) is 6. The fraction of sp³-hybridized carbons (Fsp3) is 0.310. The minimum atomic E-state index is -0.0618. The summed E-state index contributed by atoms with van der Waals surface area (Å²) in [6, 6.07) is 21.4. The molecular weight excluding hydrogens is 466 g/mol. The maximum Gasteiger partial charge on any atom is 0.256 e. The van der Waals surface area contributed by atoms with Crippen molar-refractivity contribution in [3.63, 3.8) is 0 Å². The number of piperazine rings is 1. The van der Waals surface area contributed by atoms with Crippen LogP contribution in [0.25, 0.3) is 22.2 Å². The Morgan fingerprint density at radius 1 is 0.946 bits per heavy atom. The van der Waals surface area contributed by atoms with E-state index in [0.717, 1.165) is 29.2 Å². The van der Waals surface area contributed by atoms with Crippen molar-refractivity contribution in [2.45, 2.75) is 25.8 Å². The van der Waals surface area contributed by atoms with Gasteiger partial charge in [-0.3, -0.25) is 14.5 Å². The number of carbonyl (C=O) groups is 2. The average molecular weight is 496 g/mol. The highest BCUT2D eigenvalue weighted by Gasteiger charge is 2.32. The molecule has 2 heterocycles. The van der Waals surface area contributed by atoms with Crippen LogP contribution in [0.4, 0.5) is 5.69 Å². The highest BCUT2D eigenvalue weighted by molar-refractivity contribution is 6.08. The van der Waals surface area contributed by atoms with Gasteiger partial charge < -0.3 is 14.7 Å². The van der Waals surface area contributed by atoms with Crippen molar-refractivity contribution in [1.29, 1.82) is 0 Å². The normalized spacial score (nSPS) is 17.1. The standard InChI is InChI=1S/C29H29N5O3/c1-19(28-31-26(32-37-28)20-7-3-2-4-8-20)33-13-15-34(16-14-33)29(36)24-17-22-9-5-6-10-23(22)18-25(24)30-27(35)21-11-12-21/h2-10,17-19,21H,11-16H2,1H3,(H,30,35). The number of rotatable bonds is 6. The van der Waals surface area contributed by atoms with Gasteiger partial charge in [-0.05, 0) is 42.7 Å². The first-order valence-electron chi connectivity index (χ1n) is 12.8. The maximum absolute atomic E-state index is 13.7. The molecule has 188 valence electrons. The van der Waals surface area contributed by atoms with Crippen LogP contribution in [-0.4, -0.2) is 57.9 Å². The number of fused-ring (bicyclic) bond motifs is 1. The molecule has 1 aromatic heterocycles. The van der Waals surface area contributed by atoms with Gasteiger partial charge in [0.25, 0.3) is 5.91 Å². The molecule has 6 rings (SSSR count). The lowest BCUT2D eigenvalue weighted by molar-refractivity contribution is -0.117. The number of carbonyl (C=O) groups excluding carboxylic acids is 2. The van der Waals surface area contributed by atoms with E-state index in [1.165, 1.54) is 0 Å². The molecule has 1 saturated heterocycles. The fourth-order valence-corrected chi connectivity index (χ4v) is 4.85. The van der Waals surface area contributed by atoms with E-state index in [2.05, 4.69) is 27.3 Å². The molecule has 8 nitrogen and oxygen atoms in total. The zero-order valence-corrected chi connectivity index (χ0v) is 20.8. The van der Waals surface area contributed by atoms with Gasteiger partial charge in [0.05, 0.1) is 17.3 Å². The summed E-state index contributed by atoms with van der Waals surface area (Å²) in [6.45, 7) is 4.58. The molecule has 37 heavy (non-hydrogen) atoms. The summed E-state index contributed by atoms with van der Waals surface area (Å²) in [7, 11) is 0. The predicted octanol–water partition coefficient (Wildman–Crippen LogP) is 4.76. The third kappa shape index (κ3) is 4.84. The molecule has 1 aliphatic carbocycles. The number of aromatic nitrogens is 2. The lowest BCUT2D eigenvalue weighted by Gasteiger charge is -2.37. The zero-order valence-electron chi connectivity index (χ0n) is 20.8. The Morgan fingerprint density at radius 3 is 2.32 bits per heavy atom. The van der Waals surface area contributed by atoms with Gasteiger partial charge in [-0.1, -0.05) is 59.8 Å². The summed E-state index contributed by atoms with van der Waals surface area (Å²) < 4.78 is 5.57. The molecule has 1 N–H and O–H groups in total. The van der Waals surface area contributed by atoms with Gasteiger partial charge in [0.2, 0.25) is 17.6 Å². The summed E-state index contributed by atoms with van der Waals surface area (Å²) in [5, 5.41) is 9.15. The Balaban J connectivity index is 1.16. The van der Waals surface area contributed by atoms with E-state index in [4.69, 9.17) is 4.52 Å². The van der Waals surface area contributed by atoms with Gasteiger partial charge in [-0.25, -0.2) is 0 Å². The third-order valence-electron chi connectivity index (χ3n) is 7.30. The second kappa shape index (κ2) is 9.78. The lowest BCUT2D eigenvalue weighted by Crippen LogP contribution is -2.49. The molecule has 0 spiro atoms. The van der Waals surface area contributed by atoms with Gasteiger partial charge in [-0.2, -0.15) is 4.98 Å². The SMILES string of the molecule is CC(c1nc(-c2ccccc2)no1)N1CCN(C(=O)c2cc3ccccc3cc2NC(=O)C2CC2)CC1. The quantitative estimate of drug-likeness (QED) is 0.415. The van der Waals surface area contributed by atoms with Gasteiger partial charge in [-0.15, -0.1) is 0 Å². The Bertz CT molecular complexity index is 1440. The Morgan fingerprint density at radius 2 is 1.62 bits per heavy atom. The first kappa shape index (κ1) is 23.4. The van der Waals surface area contributed by atoms with Crippen LogP contribution in [-0.2, 0) is 4.79 Å². The van der Waals surface area contributed by atoms with Crippen LogP contribution >= 0.6 is 0 Å². The number of benzene rings is 3. The summed E-state index contributed by atoms with van der Waals surface area (Å²) in [5.74, 6) is 1.14. The molecule has 1 aliphatic heterocycles. The summed E-state index contributed by atoms with van der Waals surface area (Å²) >= 11 is 0. The molecule has 3 aromatic carbocycles. The second-order valence-electron chi connectivity index (χ2n) is 9.83. The Kier molecular flexibility index (Phi) is 6.18. The topological polar surface area (TPSA) is 91.6 Å². The fourth-order valence-electron chi connectivity index (χ4n) is 4.85. The molecular formula is C29H29N5O3. The molecule has 1 saturated carbocycles. The minimum absolute atomic E-state index is 0.00240. The minimum Gasteiger partial charge on any atom is -0.337 e. The van der Waals surface area contributed by atoms with E-state index in [-0.39, 0.29) is 23.8 Å². The van der Waals surface area contributed by atoms with E-state index in [1.54, 1.807) is 0 Å². The van der Waals surface area contributed by atoms with Gasteiger partial charge in [0.1, 0.15) is 0 Å². The summed E-state index contributed by atoms with van der Waals surface area (Å²) in [5.41, 5.74) is 2.05. The molecule has 1 atom stereocenters. The van der Waals surface area contributed by atoms with Crippen molar-refractivity contribution in [3.05, 3.63) is 78.2 Å². The van der Waals surface area contributed by atoms with Crippen LogP contribution in [0.2, 0.25) is 0 Å². The molecule has 2 aliphatic rings. The van der Waals surface area contributed by atoms with Crippen molar-refractivity contribution < 1.29 is 14.1 Å². The smallest absolute Gasteiger partial charge is 0.256 e. The van der Waals surface area contributed by atoms with Gasteiger partial charge >= 0.3 is 0 Å². The largest absolute Gasteiger partial charge is 0.337 e. The van der Waals surface area contributed by atoms with Crippen LogP contribution in [0.5, 0.6) is 0 Å². The number of hydrogen-bond donors (Lipinski definition) is 1. The van der Waals surface area contributed by atoms with E-state index < -0.39 is 0 Å². The first-order chi connectivity index (χ1) is 18.1. The lowest BCUT2D eigenvalue weighted by atomic mass is 10.0. The molecule has 1 unspecified atom stereocenters. The molecule has 8 heteroatoms. The second-order valence-corrected chi connectivity index (χ2v) is 9.83. The van der Waals surface area contributed by atoms with E-state index in [1.807, 2.05) is 71.6 Å². The number of amides is 2. The highest BCUT2D eigenvalue weighted by atomic mass is 16.5. The molecule has 0 bridgehead atoms. The summed E-state index contributed by atoms with van der Waals surface area (Å²) in [4.78, 5) is 34.9. The molecule has 2 fully saturated rings. The van der Waals surface area contributed by atoms with Crippen LogP contribution in [0.1, 0.15) is 42.1 Å². The highest BCUT2D eigenvalue weighted by Crippen LogP contribution is 2.32. The van der Waals surface area contributed by atoms with Crippen LogP contribution in [0.3, 0.4) is 0 Å². The summed E-state index contributed by atoms with van der Waals surface area (Å²) in [6.07, 6.45) is 1.82. The van der Waals surface area contributed by atoms with Crippen LogP contribution < -0.4 is 5.32 Å².